The number of piperazine rings is 1. The molecular formula is C12H16FIN2O2S. The van der Waals surface area contributed by atoms with Crippen LogP contribution in [0.1, 0.15) is 11.1 Å². The lowest BCUT2D eigenvalue weighted by molar-refractivity contribution is 0.232. The van der Waals surface area contributed by atoms with Crippen molar-refractivity contribution in [2.24, 2.45) is 0 Å². The summed E-state index contributed by atoms with van der Waals surface area (Å²) < 4.78 is 36.0. The summed E-state index contributed by atoms with van der Waals surface area (Å²) in [4.78, 5) is 2.00. The maximum absolute atomic E-state index is 13.1. The molecule has 1 fully saturated rings. The van der Waals surface area contributed by atoms with E-state index in [1.54, 1.807) is 0 Å². The van der Waals surface area contributed by atoms with Gasteiger partial charge in [0.25, 0.3) is 0 Å². The molecule has 2 rings (SSSR count). The van der Waals surface area contributed by atoms with E-state index in [1.165, 1.54) is 12.1 Å². The Bertz CT molecular complexity index is 571. The summed E-state index contributed by atoms with van der Waals surface area (Å²) in [5.41, 5.74) is 1.90. The van der Waals surface area contributed by atoms with Gasteiger partial charge < -0.3 is 5.32 Å². The van der Waals surface area contributed by atoms with Crippen LogP contribution in [0.25, 0.3) is 0 Å². The van der Waals surface area contributed by atoms with Crippen molar-refractivity contribution in [2.75, 3.05) is 26.2 Å². The van der Waals surface area contributed by atoms with Gasteiger partial charge in [-0.1, -0.05) is 0 Å². The second-order valence-electron chi connectivity index (χ2n) is 4.65. The van der Waals surface area contributed by atoms with Crippen LogP contribution >= 0.6 is 22.6 Å². The molecule has 0 spiro atoms. The molecule has 1 aromatic rings. The molecule has 4 nitrogen and oxygen atoms in total. The van der Waals surface area contributed by atoms with Gasteiger partial charge in [-0.15, -0.1) is 3.89 Å². The van der Waals surface area contributed by atoms with Gasteiger partial charge in [-0.25, -0.2) is 0 Å². The lowest BCUT2D eigenvalue weighted by Crippen LogP contribution is -2.43. The van der Waals surface area contributed by atoms with E-state index in [-0.39, 0.29) is 4.90 Å². The lowest BCUT2D eigenvalue weighted by Gasteiger charge is -2.28. The highest BCUT2D eigenvalue weighted by atomic mass is 127. The van der Waals surface area contributed by atoms with Crippen molar-refractivity contribution < 1.29 is 12.3 Å². The molecule has 0 aliphatic carbocycles. The standard InChI is InChI=1S/C12H16FIN2O2S/c1-9-10(8-16-4-2-15-3-5-16)6-11(7-12(9)14)19(13,17)18/h6-7,15H,2-5,8H2,1H3. The molecule has 1 aromatic carbocycles. The van der Waals surface area contributed by atoms with Crippen LogP contribution in [0, 0.1) is 10.5 Å². The highest BCUT2D eigenvalue weighted by Gasteiger charge is 2.18. The Morgan fingerprint density at radius 2 is 2.00 bits per heavy atom. The number of hydrogen-bond acceptors (Lipinski definition) is 4. The smallest absolute Gasteiger partial charge is 0.314 e. The molecule has 19 heavy (non-hydrogen) atoms. The Morgan fingerprint density at radius 3 is 2.58 bits per heavy atom. The average Bonchev–Trinajstić information content (AvgIpc) is 2.34. The van der Waals surface area contributed by atoms with E-state index < -0.39 is 10.2 Å². The molecule has 0 bridgehead atoms. The first kappa shape index (κ1) is 15.1. The SMILES string of the molecule is Cc1c(I)cc(S(=O)(=O)F)cc1CN1CCNCC1. The summed E-state index contributed by atoms with van der Waals surface area (Å²) in [5, 5.41) is 3.26. The normalized spacial score (nSPS) is 17.6. The van der Waals surface area contributed by atoms with Crippen molar-refractivity contribution in [2.45, 2.75) is 18.4 Å². The summed E-state index contributed by atoms with van der Waals surface area (Å²) in [6.45, 7) is 6.29. The van der Waals surface area contributed by atoms with Gasteiger partial charge in [-0.3, -0.25) is 4.90 Å². The molecule has 7 heteroatoms. The van der Waals surface area contributed by atoms with E-state index in [0.29, 0.717) is 6.54 Å². The summed E-state index contributed by atoms with van der Waals surface area (Å²) >= 11 is 2.05. The molecule has 1 saturated heterocycles. The molecule has 106 valence electrons. The van der Waals surface area contributed by atoms with Crippen LogP contribution < -0.4 is 5.32 Å². The largest absolute Gasteiger partial charge is 0.332 e. The molecule has 1 aliphatic heterocycles. The van der Waals surface area contributed by atoms with Crippen molar-refractivity contribution in [3.8, 4) is 0 Å². The van der Waals surface area contributed by atoms with Gasteiger partial charge in [-0.05, 0) is 52.8 Å². The van der Waals surface area contributed by atoms with Crippen LogP contribution in [0.15, 0.2) is 17.0 Å². The molecule has 0 amide bonds. The maximum atomic E-state index is 13.1. The maximum Gasteiger partial charge on any atom is 0.332 e. The van der Waals surface area contributed by atoms with Crippen LogP contribution in [-0.4, -0.2) is 39.5 Å². The zero-order valence-corrected chi connectivity index (χ0v) is 13.6. The van der Waals surface area contributed by atoms with E-state index >= 15 is 0 Å². The minimum absolute atomic E-state index is 0.243. The fraction of sp³-hybridized carbons (Fsp3) is 0.500. The van der Waals surface area contributed by atoms with Crippen molar-refractivity contribution >= 4 is 32.8 Å². The van der Waals surface area contributed by atoms with E-state index in [4.69, 9.17) is 0 Å². The third-order valence-corrected chi connectivity index (χ3v) is 5.23. The van der Waals surface area contributed by atoms with E-state index in [0.717, 1.165) is 40.9 Å². The van der Waals surface area contributed by atoms with Crippen LogP contribution in [0.2, 0.25) is 0 Å². The number of rotatable bonds is 3. The first-order chi connectivity index (χ1) is 8.88. The molecule has 0 unspecified atom stereocenters. The predicted molar refractivity (Wildman–Crippen MR) is 80.3 cm³/mol. The van der Waals surface area contributed by atoms with E-state index in [9.17, 15) is 12.3 Å². The van der Waals surface area contributed by atoms with E-state index in [2.05, 4.69) is 10.2 Å². The highest BCUT2D eigenvalue weighted by Crippen LogP contribution is 2.24. The van der Waals surface area contributed by atoms with Crippen LogP contribution in [0.4, 0.5) is 3.89 Å². The quantitative estimate of drug-likeness (QED) is 0.622. The van der Waals surface area contributed by atoms with Gasteiger partial charge in [0.2, 0.25) is 0 Å². The molecular weight excluding hydrogens is 382 g/mol. The lowest BCUT2D eigenvalue weighted by atomic mass is 10.1. The van der Waals surface area contributed by atoms with Gasteiger partial charge in [0.05, 0.1) is 4.90 Å². The number of halogens is 2. The van der Waals surface area contributed by atoms with E-state index in [1.807, 2.05) is 29.5 Å². The second kappa shape index (κ2) is 6.02. The van der Waals surface area contributed by atoms with Gasteiger partial charge in [0.1, 0.15) is 0 Å². The summed E-state index contributed by atoms with van der Waals surface area (Å²) in [7, 11) is -4.64. The predicted octanol–water partition coefficient (Wildman–Crippen LogP) is 1.66. The first-order valence-electron chi connectivity index (χ1n) is 6.04. The second-order valence-corrected chi connectivity index (χ2v) is 7.16. The molecule has 0 saturated carbocycles. The summed E-state index contributed by atoms with van der Waals surface area (Å²) in [6.07, 6.45) is 0. The third-order valence-electron chi connectivity index (χ3n) is 3.31. The number of hydrogen-bond donors (Lipinski definition) is 1. The van der Waals surface area contributed by atoms with Crippen molar-refractivity contribution in [3.05, 3.63) is 26.8 Å². The Hall–Kier alpha value is -0.250. The zero-order chi connectivity index (χ0) is 14.0. The Kier molecular flexibility index (Phi) is 4.80. The van der Waals surface area contributed by atoms with Gasteiger partial charge in [0.15, 0.2) is 0 Å². The van der Waals surface area contributed by atoms with Crippen molar-refractivity contribution in [1.82, 2.24) is 10.2 Å². The van der Waals surface area contributed by atoms with Gasteiger partial charge >= 0.3 is 10.2 Å². The van der Waals surface area contributed by atoms with Crippen molar-refractivity contribution in [3.63, 3.8) is 0 Å². The molecule has 0 atom stereocenters. The molecule has 1 heterocycles. The number of benzene rings is 1. The number of nitrogens with one attached hydrogen (secondary N) is 1. The van der Waals surface area contributed by atoms with Crippen molar-refractivity contribution in [1.29, 1.82) is 0 Å². The van der Waals surface area contributed by atoms with Gasteiger partial charge in [0, 0.05) is 36.3 Å². The highest BCUT2D eigenvalue weighted by molar-refractivity contribution is 14.1. The Labute approximate surface area is 126 Å². The molecule has 1 aliphatic rings. The molecule has 0 radical (unpaired) electrons. The Morgan fingerprint density at radius 1 is 1.37 bits per heavy atom. The van der Waals surface area contributed by atoms with Crippen LogP contribution in [0.3, 0.4) is 0 Å². The van der Waals surface area contributed by atoms with Gasteiger partial charge in [-0.2, -0.15) is 8.42 Å². The zero-order valence-electron chi connectivity index (χ0n) is 10.6. The average molecular weight is 398 g/mol. The monoisotopic (exact) mass is 398 g/mol. The topological polar surface area (TPSA) is 49.4 Å². The van der Waals surface area contributed by atoms with Crippen LogP contribution in [-0.2, 0) is 16.8 Å². The number of nitrogens with zero attached hydrogens (tertiary/aromatic N) is 1. The van der Waals surface area contributed by atoms with Crippen LogP contribution in [0.5, 0.6) is 0 Å². The molecule has 0 aromatic heterocycles. The fourth-order valence-electron chi connectivity index (χ4n) is 2.12. The third kappa shape index (κ3) is 3.87. The minimum atomic E-state index is -4.64. The molecule has 1 N–H and O–H groups in total. The fourth-order valence-corrected chi connectivity index (χ4v) is 3.56. The first-order valence-corrected chi connectivity index (χ1v) is 8.51. The Balaban J connectivity index is 2.30. The minimum Gasteiger partial charge on any atom is -0.314 e. The summed E-state index contributed by atoms with van der Waals surface area (Å²) in [5.74, 6) is 0. The summed E-state index contributed by atoms with van der Waals surface area (Å²) in [6, 6.07) is 2.83.